The second-order valence-corrected chi connectivity index (χ2v) is 6.21. The fraction of sp³-hybridized carbons (Fsp3) is 0.533. The van der Waals surface area contributed by atoms with Crippen molar-refractivity contribution >= 4 is 17.6 Å². The van der Waals surface area contributed by atoms with Gasteiger partial charge in [-0.3, -0.25) is 4.79 Å². The van der Waals surface area contributed by atoms with Crippen LogP contribution in [-0.2, 0) is 9.53 Å². The first-order chi connectivity index (χ1) is 8.70. The molecule has 0 fully saturated rings. The summed E-state index contributed by atoms with van der Waals surface area (Å²) < 4.78 is 5.27. The number of rotatable bonds is 4. The quantitative estimate of drug-likeness (QED) is 0.861. The van der Waals surface area contributed by atoms with Crippen molar-refractivity contribution in [2.75, 3.05) is 0 Å². The van der Waals surface area contributed by atoms with Crippen LogP contribution in [-0.4, -0.2) is 17.6 Å². The van der Waals surface area contributed by atoms with E-state index in [9.17, 15) is 4.79 Å². The second kappa shape index (κ2) is 6.40. The molecule has 4 heteroatoms. The zero-order chi connectivity index (χ0) is 14.6. The monoisotopic (exact) mass is 283 g/mol. The molecular formula is C15H22ClNO2. The number of benzene rings is 1. The lowest BCUT2D eigenvalue weighted by atomic mass is 9.94. The van der Waals surface area contributed by atoms with Crippen molar-refractivity contribution in [3.8, 4) is 0 Å². The molecule has 0 radical (unpaired) electrons. The second-order valence-electron chi connectivity index (χ2n) is 5.80. The third-order valence-corrected chi connectivity index (χ3v) is 3.10. The highest BCUT2D eigenvalue weighted by atomic mass is 35.5. The molecule has 0 aliphatic heterocycles. The minimum absolute atomic E-state index is 0.108. The van der Waals surface area contributed by atoms with Crippen LogP contribution in [0.3, 0.4) is 0 Å². The van der Waals surface area contributed by atoms with Gasteiger partial charge in [0.2, 0.25) is 0 Å². The molecule has 106 valence electrons. The normalized spacial score (nSPS) is 14.8. The van der Waals surface area contributed by atoms with E-state index >= 15 is 0 Å². The summed E-state index contributed by atoms with van der Waals surface area (Å²) in [6.07, 6.45) is 0.513. The summed E-state index contributed by atoms with van der Waals surface area (Å²) in [7, 11) is 0. The van der Waals surface area contributed by atoms with Gasteiger partial charge in [-0.2, -0.15) is 0 Å². The Morgan fingerprint density at radius 1 is 1.37 bits per heavy atom. The molecule has 2 unspecified atom stereocenters. The molecule has 1 aromatic rings. The highest BCUT2D eigenvalue weighted by molar-refractivity contribution is 6.31. The molecule has 0 saturated carbocycles. The van der Waals surface area contributed by atoms with Gasteiger partial charge in [0, 0.05) is 5.02 Å². The van der Waals surface area contributed by atoms with E-state index in [1.165, 1.54) is 0 Å². The molecule has 2 atom stereocenters. The van der Waals surface area contributed by atoms with Crippen molar-refractivity contribution in [1.82, 2.24) is 0 Å². The lowest BCUT2D eigenvalue weighted by Crippen LogP contribution is -2.38. The molecule has 2 N–H and O–H groups in total. The van der Waals surface area contributed by atoms with E-state index in [-0.39, 0.29) is 11.9 Å². The molecular weight excluding hydrogens is 262 g/mol. The Kier molecular flexibility index (Phi) is 5.39. The maximum absolute atomic E-state index is 11.8. The lowest BCUT2D eigenvalue weighted by Gasteiger charge is -2.23. The summed E-state index contributed by atoms with van der Waals surface area (Å²) in [6, 6.07) is 6.97. The number of halogens is 1. The number of ether oxygens (including phenoxy) is 1. The van der Waals surface area contributed by atoms with E-state index in [0.717, 1.165) is 5.56 Å². The molecule has 0 aliphatic rings. The zero-order valence-corrected chi connectivity index (χ0v) is 12.7. The third kappa shape index (κ3) is 5.21. The molecule has 0 saturated heterocycles. The minimum Gasteiger partial charge on any atom is -0.459 e. The van der Waals surface area contributed by atoms with Gasteiger partial charge < -0.3 is 10.5 Å². The van der Waals surface area contributed by atoms with E-state index in [0.29, 0.717) is 11.4 Å². The van der Waals surface area contributed by atoms with Gasteiger partial charge in [0.15, 0.2) is 0 Å². The SMILES string of the molecule is CC(CC(N)C(=O)OC(C)(C)C)c1ccccc1Cl. The van der Waals surface area contributed by atoms with Gasteiger partial charge in [0.1, 0.15) is 11.6 Å². The van der Waals surface area contributed by atoms with Crippen LogP contribution < -0.4 is 5.73 Å². The van der Waals surface area contributed by atoms with Gasteiger partial charge >= 0.3 is 5.97 Å². The fourth-order valence-electron chi connectivity index (χ4n) is 1.86. The molecule has 3 nitrogen and oxygen atoms in total. The number of nitrogens with two attached hydrogens (primary N) is 1. The van der Waals surface area contributed by atoms with Crippen LogP contribution in [0.2, 0.25) is 5.02 Å². The first kappa shape index (κ1) is 16.0. The van der Waals surface area contributed by atoms with Crippen LogP contribution in [0.25, 0.3) is 0 Å². The predicted octanol–water partition coefficient (Wildman–Crippen LogP) is 3.50. The Bertz CT molecular complexity index is 440. The van der Waals surface area contributed by atoms with Crippen LogP contribution in [0, 0.1) is 0 Å². The van der Waals surface area contributed by atoms with Crippen molar-refractivity contribution in [2.45, 2.75) is 51.7 Å². The molecule has 0 aliphatic carbocycles. The maximum Gasteiger partial charge on any atom is 0.323 e. The van der Waals surface area contributed by atoms with Crippen molar-refractivity contribution < 1.29 is 9.53 Å². The molecule has 0 heterocycles. The van der Waals surface area contributed by atoms with Crippen molar-refractivity contribution in [3.05, 3.63) is 34.9 Å². The van der Waals surface area contributed by atoms with Gasteiger partial charge in [-0.15, -0.1) is 0 Å². The van der Waals surface area contributed by atoms with Crippen molar-refractivity contribution in [1.29, 1.82) is 0 Å². The van der Waals surface area contributed by atoms with Gasteiger partial charge in [-0.05, 0) is 44.7 Å². The van der Waals surface area contributed by atoms with E-state index in [2.05, 4.69) is 0 Å². The predicted molar refractivity (Wildman–Crippen MR) is 78.3 cm³/mol. The Morgan fingerprint density at radius 2 is 1.95 bits per heavy atom. The maximum atomic E-state index is 11.8. The van der Waals surface area contributed by atoms with E-state index in [4.69, 9.17) is 22.1 Å². The van der Waals surface area contributed by atoms with Crippen molar-refractivity contribution in [3.63, 3.8) is 0 Å². The summed E-state index contributed by atoms with van der Waals surface area (Å²) in [5.41, 5.74) is 6.39. The number of carbonyl (C=O) groups excluding carboxylic acids is 1. The minimum atomic E-state index is -0.634. The Balaban J connectivity index is 2.64. The molecule has 0 spiro atoms. The third-order valence-electron chi connectivity index (χ3n) is 2.75. The average Bonchev–Trinajstić information content (AvgIpc) is 2.27. The van der Waals surface area contributed by atoms with Crippen molar-refractivity contribution in [2.24, 2.45) is 5.73 Å². The molecule has 0 aromatic heterocycles. The lowest BCUT2D eigenvalue weighted by molar-refractivity contribution is -0.156. The number of hydrogen-bond acceptors (Lipinski definition) is 3. The van der Waals surface area contributed by atoms with E-state index in [1.807, 2.05) is 52.0 Å². The van der Waals surface area contributed by atoms with Crippen LogP contribution in [0.15, 0.2) is 24.3 Å². The topological polar surface area (TPSA) is 52.3 Å². The van der Waals surface area contributed by atoms with Gasteiger partial charge in [-0.1, -0.05) is 36.7 Å². The van der Waals surface area contributed by atoms with Crippen LogP contribution >= 0.6 is 11.6 Å². The molecule has 0 bridgehead atoms. The first-order valence-electron chi connectivity index (χ1n) is 6.43. The zero-order valence-electron chi connectivity index (χ0n) is 11.9. The first-order valence-corrected chi connectivity index (χ1v) is 6.81. The summed E-state index contributed by atoms with van der Waals surface area (Å²) in [5, 5.41) is 0.700. The number of esters is 1. The number of carbonyl (C=O) groups is 1. The highest BCUT2D eigenvalue weighted by Crippen LogP contribution is 2.27. The highest BCUT2D eigenvalue weighted by Gasteiger charge is 2.24. The van der Waals surface area contributed by atoms with E-state index < -0.39 is 11.6 Å². The average molecular weight is 284 g/mol. The van der Waals surface area contributed by atoms with Crippen LogP contribution in [0.5, 0.6) is 0 Å². The Labute approximate surface area is 120 Å². The summed E-state index contributed by atoms with van der Waals surface area (Å²) in [4.78, 5) is 11.8. The van der Waals surface area contributed by atoms with Crippen LogP contribution in [0.1, 0.15) is 45.6 Å². The summed E-state index contributed by atoms with van der Waals surface area (Å²) in [5.74, 6) is -0.261. The molecule has 1 aromatic carbocycles. The smallest absolute Gasteiger partial charge is 0.323 e. The van der Waals surface area contributed by atoms with Gasteiger partial charge in [0.25, 0.3) is 0 Å². The molecule has 0 amide bonds. The number of hydrogen-bond donors (Lipinski definition) is 1. The molecule has 19 heavy (non-hydrogen) atoms. The Morgan fingerprint density at radius 3 is 2.47 bits per heavy atom. The van der Waals surface area contributed by atoms with Crippen LogP contribution in [0.4, 0.5) is 0 Å². The summed E-state index contributed by atoms with van der Waals surface area (Å²) >= 11 is 6.13. The van der Waals surface area contributed by atoms with E-state index in [1.54, 1.807) is 0 Å². The molecule has 1 rings (SSSR count). The van der Waals surface area contributed by atoms with Gasteiger partial charge in [0.05, 0.1) is 0 Å². The Hall–Kier alpha value is -1.06. The summed E-state index contributed by atoms with van der Waals surface area (Å²) in [6.45, 7) is 7.49. The fourth-order valence-corrected chi connectivity index (χ4v) is 2.18. The standard InChI is InChI=1S/C15H22ClNO2/c1-10(11-7-5-6-8-12(11)16)9-13(17)14(18)19-15(2,3)4/h5-8,10,13H,9,17H2,1-4H3. The van der Waals surface area contributed by atoms with Gasteiger partial charge in [-0.25, -0.2) is 0 Å². The largest absolute Gasteiger partial charge is 0.459 e.